The quantitative estimate of drug-likeness (QED) is 0.538. The second-order valence-electron chi connectivity index (χ2n) is 3.51. The number of halogens is 2. The van der Waals surface area contributed by atoms with Crippen LogP contribution in [0.1, 0.15) is 6.42 Å². The Bertz CT molecular complexity index is 311. The first-order valence-corrected chi connectivity index (χ1v) is 4.29. The lowest BCUT2D eigenvalue weighted by Crippen LogP contribution is -2.30. The minimum atomic E-state index is -1.42. The summed E-state index contributed by atoms with van der Waals surface area (Å²) >= 11 is 0. The van der Waals surface area contributed by atoms with Gasteiger partial charge in [-0.3, -0.25) is 0 Å². The van der Waals surface area contributed by atoms with Gasteiger partial charge in [-0.25, -0.2) is 4.39 Å². The Hall–Kier alpha value is -0.900. The molecule has 0 bridgehead atoms. The highest BCUT2D eigenvalue weighted by Crippen LogP contribution is 2.46. The zero-order valence-corrected chi connectivity index (χ0v) is 6.74. The van der Waals surface area contributed by atoms with Gasteiger partial charge in [-0.1, -0.05) is 0 Å². The van der Waals surface area contributed by atoms with Crippen LogP contribution in [0.25, 0.3) is 0 Å². The third-order valence-corrected chi connectivity index (χ3v) is 2.68. The molecule has 4 unspecified atom stereocenters. The molecule has 4 atom stereocenters. The highest BCUT2D eigenvalue weighted by Gasteiger charge is 2.57. The lowest BCUT2D eigenvalue weighted by Gasteiger charge is -2.26. The first-order chi connectivity index (χ1) is 6.25. The molecule has 2 heterocycles. The molecule has 4 heteroatoms. The van der Waals surface area contributed by atoms with E-state index >= 15 is 0 Å². The number of ether oxygens (including phenoxy) is 2. The van der Waals surface area contributed by atoms with Gasteiger partial charge in [-0.05, 0) is 12.5 Å². The maximum Gasteiger partial charge on any atom is 0.266 e. The molecule has 1 aliphatic carbocycles. The Labute approximate surface area is 73.8 Å². The van der Waals surface area contributed by atoms with Gasteiger partial charge in [-0.15, -0.1) is 0 Å². The summed E-state index contributed by atoms with van der Waals surface area (Å²) in [4.78, 5) is 0. The predicted molar refractivity (Wildman–Crippen MR) is 40.0 cm³/mol. The molecular weight excluding hydrogens is 178 g/mol. The van der Waals surface area contributed by atoms with E-state index in [0.717, 1.165) is 0 Å². The molecule has 2 saturated heterocycles. The molecule has 0 amide bonds. The third kappa shape index (κ3) is 1.01. The van der Waals surface area contributed by atoms with E-state index < -0.39 is 12.5 Å². The van der Waals surface area contributed by atoms with E-state index in [-0.39, 0.29) is 17.8 Å². The highest BCUT2D eigenvalue weighted by atomic mass is 19.1. The number of epoxide rings is 1. The standard InChI is InChI=1S/C9H8F2O2/c10-4-1-2-5-6(3-4)12-9(11)8-7(5)13-8/h1,3,5,7-9H,2H2. The first-order valence-electron chi connectivity index (χ1n) is 4.29. The number of fused-ring (bicyclic) bond motifs is 3. The van der Waals surface area contributed by atoms with Crippen molar-refractivity contribution in [3.8, 4) is 0 Å². The monoisotopic (exact) mass is 186 g/mol. The van der Waals surface area contributed by atoms with Crippen molar-refractivity contribution in [2.75, 3.05) is 0 Å². The van der Waals surface area contributed by atoms with Crippen molar-refractivity contribution in [1.29, 1.82) is 0 Å². The molecule has 0 saturated carbocycles. The van der Waals surface area contributed by atoms with Gasteiger partial charge in [0.1, 0.15) is 17.7 Å². The van der Waals surface area contributed by atoms with Crippen molar-refractivity contribution in [2.24, 2.45) is 5.92 Å². The summed E-state index contributed by atoms with van der Waals surface area (Å²) in [6.07, 6.45) is 1.34. The van der Waals surface area contributed by atoms with Gasteiger partial charge in [0.15, 0.2) is 6.10 Å². The zero-order chi connectivity index (χ0) is 9.00. The lowest BCUT2D eigenvalue weighted by molar-refractivity contribution is -0.0336. The maximum atomic E-state index is 13.0. The average molecular weight is 186 g/mol. The van der Waals surface area contributed by atoms with Crippen molar-refractivity contribution in [3.63, 3.8) is 0 Å². The average Bonchev–Trinajstić information content (AvgIpc) is 2.83. The number of alkyl halides is 1. The van der Waals surface area contributed by atoms with Crippen molar-refractivity contribution in [1.82, 2.24) is 0 Å². The molecule has 2 aliphatic heterocycles. The fourth-order valence-corrected chi connectivity index (χ4v) is 1.94. The van der Waals surface area contributed by atoms with E-state index in [1.165, 1.54) is 12.2 Å². The van der Waals surface area contributed by atoms with Gasteiger partial charge in [0.05, 0.1) is 0 Å². The SMILES string of the molecule is FC1=CCC2C(=C1)OC(F)C1OC21. The van der Waals surface area contributed by atoms with Crippen LogP contribution in [-0.2, 0) is 9.47 Å². The van der Waals surface area contributed by atoms with Gasteiger partial charge < -0.3 is 9.47 Å². The van der Waals surface area contributed by atoms with Gasteiger partial charge in [0.2, 0.25) is 0 Å². The molecule has 2 fully saturated rings. The van der Waals surface area contributed by atoms with Gasteiger partial charge in [-0.2, -0.15) is 4.39 Å². The van der Waals surface area contributed by atoms with Gasteiger partial charge in [0, 0.05) is 12.0 Å². The fraction of sp³-hybridized carbons (Fsp3) is 0.556. The minimum Gasteiger partial charge on any atom is -0.461 e. The Morgan fingerprint density at radius 2 is 2.23 bits per heavy atom. The van der Waals surface area contributed by atoms with Crippen LogP contribution in [0.5, 0.6) is 0 Å². The second-order valence-corrected chi connectivity index (χ2v) is 3.51. The second kappa shape index (κ2) is 2.32. The molecular formula is C9H8F2O2. The Morgan fingerprint density at radius 3 is 3.08 bits per heavy atom. The van der Waals surface area contributed by atoms with Crippen LogP contribution in [0, 0.1) is 5.92 Å². The molecule has 0 N–H and O–H groups in total. The third-order valence-electron chi connectivity index (χ3n) is 2.68. The molecule has 0 radical (unpaired) electrons. The summed E-state index contributed by atoms with van der Waals surface area (Å²) in [6, 6.07) is 0. The van der Waals surface area contributed by atoms with Gasteiger partial charge in [0.25, 0.3) is 6.36 Å². The lowest BCUT2D eigenvalue weighted by atomic mass is 9.91. The Kier molecular flexibility index (Phi) is 1.34. The largest absolute Gasteiger partial charge is 0.461 e. The minimum absolute atomic E-state index is 0.0245. The van der Waals surface area contributed by atoms with E-state index in [9.17, 15) is 8.78 Å². The topological polar surface area (TPSA) is 21.8 Å². The number of rotatable bonds is 0. The molecule has 0 aromatic rings. The summed E-state index contributed by atoms with van der Waals surface area (Å²) < 4.78 is 35.8. The molecule has 0 spiro atoms. The summed E-state index contributed by atoms with van der Waals surface area (Å²) in [5.74, 6) is 0.0697. The van der Waals surface area contributed by atoms with E-state index in [1.54, 1.807) is 0 Å². The van der Waals surface area contributed by atoms with Crippen LogP contribution in [-0.4, -0.2) is 18.6 Å². The van der Waals surface area contributed by atoms with Crippen molar-refractivity contribution < 1.29 is 18.3 Å². The maximum absolute atomic E-state index is 13.0. The van der Waals surface area contributed by atoms with Crippen LogP contribution in [0.2, 0.25) is 0 Å². The molecule has 3 rings (SSSR count). The predicted octanol–water partition coefficient (Wildman–Crippen LogP) is 1.84. The Morgan fingerprint density at radius 1 is 1.38 bits per heavy atom. The van der Waals surface area contributed by atoms with E-state index in [0.29, 0.717) is 12.2 Å². The fourth-order valence-electron chi connectivity index (χ4n) is 1.94. The van der Waals surface area contributed by atoms with E-state index in [2.05, 4.69) is 0 Å². The van der Waals surface area contributed by atoms with Crippen LogP contribution in [0.15, 0.2) is 23.7 Å². The number of hydrogen-bond donors (Lipinski definition) is 0. The molecule has 2 nitrogen and oxygen atoms in total. The highest BCUT2D eigenvalue weighted by molar-refractivity contribution is 5.26. The van der Waals surface area contributed by atoms with Crippen LogP contribution < -0.4 is 0 Å². The molecule has 13 heavy (non-hydrogen) atoms. The number of allylic oxidation sites excluding steroid dienone is 3. The first kappa shape index (κ1) is 7.50. The summed E-state index contributed by atoms with van der Waals surface area (Å²) in [5, 5.41) is 0. The molecule has 3 aliphatic rings. The molecule has 0 aromatic heterocycles. The van der Waals surface area contributed by atoms with Crippen molar-refractivity contribution >= 4 is 0 Å². The molecule has 0 aromatic carbocycles. The zero-order valence-electron chi connectivity index (χ0n) is 6.74. The normalized spacial score (nSPS) is 46.6. The summed E-state index contributed by atoms with van der Waals surface area (Å²) in [6.45, 7) is 0. The van der Waals surface area contributed by atoms with Crippen molar-refractivity contribution in [3.05, 3.63) is 23.7 Å². The van der Waals surface area contributed by atoms with E-state index in [4.69, 9.17) is 9.47 Å². The van der Waals surface area contributed by atoms with Crippen LogP contribution in [0.4, 0.5) is 8.78 Å². The number of hydrogen-bond acceptors (Lipinski definition) is 2. The summed E-state index contributed by atoms with van der Waals surface area (Å²) in [7, 11) is 0. The van der Waals surface area contributed by atoms with Gasteiger partial charge >= 0.3 is 0 Å². The van der Waals surface area contributed by atoms with E-state index in [1.807, 2.05) is 0 Å². The van der Waals surface area contributed by atoms with Crippen molar-refractivity contribution in [2.45, 2.75) is 25.0 Å². The summed E-state index contributed by atoms with van der Waals surface area (Å²) in [5.41, 5.74) is 0. The van der Waals surface area contributed by atoms with Crippen LogP contribution in [0.3, 0.4) is 0 Å². The Balaban J connectivity index is 1.91. The van der Waals surface area contributed by atoms with Crippen LogP contribution >= 0.6 is 0 Å². The molecule has 70 valence electrons. The smallest absolute Gasteiger partial charge is 0.266 e.